The zero-order valence-corrected chi connectivity index (χ0v) is 4.73. The molecule has 0 radical (unpaired) electrons. The van der Waals surface area contributed by atoms with Gasteiger partial charge in [0.1, 0.15) is 0 Å². The molecule has 0 saturated carbocycles. The van der Waals surface area contributed by atoms with Crippen LogP contribution in [0.1, 0.15) is 0 Å². The first-order valence-corrected chi connectivity index (χ1v) is 2.43. The lowest BCUT2D eigenvalue weighted by molar-refractivity contribution is 0.475. The molecule has 2 rings (SSSR count). The predicted octanol–water partition coefficient (Wildman–Crippen LogP) is -2.03. The molecule has 8 nitrogen and oxygen atoms in total. The van der Waals surface area contributed by atoms with Crippen molar-refractivity contribution >= 4 is 0 Å². The van der Waals surface area contributed by atoms with Gasteiger partial charge in [0.15, 0.2) is 12.7 Å². The largest absolute Gasteiger partial charge is 0.164 e. The monoisotopic (exact) mass is 138 g/mol. The molecular weight excluding hydrogens is 136 g/mol. The molecule has 0 unspecified atom stereocenters. The predicted molar refractivity (Wildman–Crippen MR) is 26.4 cm³/mol. The van der Waals surface area contributed by atoms with Crippen LogP contribution < -0.4 is 0 Å². The Morgan fingerprint density at radius 1 is 0.800 bits per heavy atom. The molecule has 0 aliphatic heterocycles. The quantitative estimate of drug-likeness (QED) is 0.451. The van der Waals surface area contributed by atoms with Crippen LogP contribution in [0, 0.1) is 0 Å². The van der Waals surface area contributed by atoms with Crippen molar-refractivity contribution in [3.05, 3.63) is 12.7 Å². The SMILES string of the molecule is c1nnnn1-n1cnnn1. The minimum absolute atomic E-state index is 1.29. The Bertz CT molecular complexity index is 247. The molecule has 0 bridgehead atoms. The van der Waals surface area contributed by atoms with Gasteiger partial charge >= 0.3 is 0 Å². The summed E-state index contributed by atoms with van der Waals surface area (Å²) in [6.45, 7) is 0. The fourth-order valence-corrected chi connectivity index (χ4v) is 0.501. The van der Waals surface area contributed by atoms with Gasteiger partial charge in [-0.3, -0.25) is 0 Å². The molecule has 50 valence electrons. The van der Waals surface area contributed by atoms with Crippen molar-refractivity contribution in [1.29, 1.82) is 0 Å². The first-order chi connectivity index (χ1) is 4.97. The molecule has 0 amide bonds. The molecule has 0 aromatic carbocycles. The average Bonchev–Trinajstić information content (AvgIpc) is 2.59. The molecule has 10 heavy (non-hydrogen) atoms. The van der Waals surface area contributed by atoms with Gasteiger partial charge in [-0.1, -0.05) is 0 Å². The highest BCUT2D eigenvalue weighted by Crippen LogP contribution is 1.75. The molecular formula is C2H2N8. The summed E-state index contributed by atoms with van der Waals surface area (Å²) in [6, 6.07) is 0. The maximum absolute atomic E-state index is 3.53. The third kappa shape index (κ3) is 0.623. The van der Waals surface area contributed by atoms with E-state index in [4.69, 9.17) is 0 Å². The molecule has 0 aliphatic rings. The number of rotatable bonds is 1. The molecule has 0 spiro atoms. The van der Waals surface area contributed by atoms with Gasteiger partial charge in [0.2, 0.25) is 0 Å². The van der Waals surface area contributed by atoms with E-state index < -0.39 is 0 Å². The van der Waals surface area contributed by atoms with Crippen LogP contribution in [0.25, 0.3) is 0 Å². The maximum atomic E-state index is 3.53. The van der Waals surface area contributed by atoms with Crippen molar-refractivity contribution in [2.45, 2.75) is 0 Å². The highest BCUT2D eigenvalue weighted by atomic mass is 15.8. The van der Waals surface area contributed by atoms with Gasteiger partial charge in [0.25, 0.3) is 0 Å². The fourth-order valence-electron chi connectivity index (χ4n) is 0.501. The van der Waals surface area contributed by atoms with Gasteiger partial charge in [0.05, 0.1) is 0 Å². The zero-order valence-electron chi connectivity index (χ0n) is 4.73. The fraction of sp³-hybridized carbons (Fsp3) is 0. The lowest BCUT2D eigenvalue weighted by atomic mass is 11.3. The molecule has 2 aromatic rings. The molecule has 0 saturated heterocycles. The summed E-state index contributed by atoms with van der Waals surface area (Å²) in [7, 11) is 0. The van der Waals surface area contributed by atoms with Crippen molar-refractivity contribution in [1.82, 2.24) is 40.6 Å². The normalized spacial score (nSPS) is 10.0. The van der Waals surface area contributed by atoms with E-state index >= 15 is 0 Å². The summed E-state index contributed by atoms with van der Waals surface area (Å²) < 4.78 is 0. The Balaban J connectivity index is 2.48. The highest BCUT2D eigenvalue weighted by Gasteiger charge is 1.93. The van der Waals surface area contributed by atoms with Crippen molar-refractivity contribution in [3.63, 3.8) is 0 Å². The Morgan fingerprint density at radius 3 is 1.60 bits per heavy atom. The van der Waals surface area contributed by atoms with Gasteiger partial charge < -0.3 is 0 Å². The third-order valence-corrected chi connectivity index (χ3v) is 0.886. The number of hydrogen-bond donors (Lipinski definition) is 0. The number of nitrogens with zero attached hydrogens (tertiary/aromatic N) is 8. The van der Waals surface area contributed by atoms with Crippen LogP contribution in [0.2, 0.25) is 0 Å². The van der Waals surface area contributed by atoms with Crippen molar-refractivity contribution in [2.24, 2.45) is 0 Å². The topological polar surface area (TPSA) is 87.2 Å². The van der Waals surface area contributed by atoms with Crippen molar-refractivity contribution < 1.29 is 0 Å². The maximum Gasteiger partial charge on any atom is 0.164 e. The van der Waals surface area contributed by atoms with Crippen LogP contribution in [0.3, 0.4) is 0 Å². The third-order valence-electron chi connectivity index (χ3n) is 0.886. The van der Waals surface area contributed by atoms with Crippen LogP contribution >= 0.6 is 0 Å². The van der Waals surface area contributed by atoms with Crippen LogP contribution in [-0.2, 0) is 0 Å². The number of hydrogen-bond acceptors (Lipinski definition) is 6. The van der Waals surface area contributed by atoms with E-state index in [-0.39, 0.29) is 0 Å². The summed E-state index contributed by atoms with van der Waals surface area (Å²) in [5, 5.41) is 20.6. The van der Waals surface area contributed by atoms with E-state index in [1.807, 2.05) is 0 Å². The van der Waals surface area contributed by atoms with E-state index in [0.29, 0.717) is 0 Å². The van der Waals surface area contributed by atoms with E-state index in [1.54, 1.807) is 0 Å². The highest BCUT2D eigenvalue weighted by molar-refractivity contribution is 4.49. The first kappa shape index (κ1) is 4.97. The molecule has 2 aromatic heterocycles. The van der Waals surface area contributed by atoms with E-state index in [0.717, 1.165) is 0 Å². The van der Waals surface area contributed by atoms with E-state index in [2.05, 4.69) is 31.1 Å². The Kier molecular flexibility index (Phi) is 0.907. The second-order valence-electron chi connectivity index (χ2n) is 1.46. The minimum atomic E-state index is 1.29. The smallest absolute Gasteiger partial charge is 0.115 e. The van der Waals surface area contributed by atoms with Crippen molar-refractivity contribution in [3.8, 4) is 0 Å². The molecule has 0 aliphatic carbocycles. The van der Waals surface area contributed by atoms with E-state index in [1.165, 1.54) is 22.2 Å². The van der Waals surface area contributed by atoms with Crippen LogP contribution in [0.4, 0.5) is 0 Å². The van der Waals surface area contributed by atoms with Crippen molar-refractivity contribution in [2.75, 3.05) is 0 Å². The Hall–Kier alpha value is -1.86. The summed E-state index contributed by atoms with van der Waals surface area (Å²) in [4.78, 5) is 2.58. The lowest BCUT2D eigenvalue weighted by Crippen LogP contribution is -2.10. The van der Waals surface area contributed by atoms with Crippen LogP contribution in [0.15, 0.2) is 12.7 Å². The van der Waals surface area contributed by atoms with Crippen LogP contribution in [-0.4, -0.2) is 40.6 Å². The van der Waals surface area contributed by atoms with Gasteiger partial charge in [-0.15, -0.1) is 19.8 Å². The molecule has 0 atom stereocenters. The Labute approximate surface area is 54.4 Å². The second kappa shape index (κ2) is 1.83. The summed E-state index contributed by atoms with van der Waals surface area (Å²) in [6.07, 6.45) is 2.77. The zero-order chi connectivity index (χ0) is 6.81. The number of aromatic nitrogens is 8. The summed E-state index contributed by atoms with van der Waals surface area (Å²) >= 11 is 0. The second-order valence-corrected chi connectivity index (χ2v) is 1.46. The van der Waals surface area contributed by atoms with Gasteiger partial charge in [-0.25, -0.2) is 0 Å². The average molecular weight is 138 g/mol. The molecule has 2 heterocycles. The summed E-state index contributed by atoms with van der Waals surface area (Å²) in [5.74, 6) is 0. The Morgan fingerprint density at radius 2 is 1.30 bits per heavy atom. The minimum Gasteiger partial charge on any atom is -0.115 e. The van der Waals surface area contributed by atoms with E-state index in [9.17, 15) is 0 Å². The molecule has 0 fully saturated rings. The van der Waals surface area contributed by atoms with Gasteiger partial charge in [0, 0.05) is 0 Å². The molecule has 8 heteroatoms. The summed E-state index contributed by atoms with van der Waals surface area (Å²) in [5.41, 5.74) is 0. The van der Waals surface area contributed by atoms with Gasteiger partial charge in [-0.2, -0.15) is 0 Å². The van der Waals surface area contributed by atoms with Crippen LogP contribution in [0.5, 0.6) is 0 Å². The first-order valence-electron chi connectivity index (χ1n) is 2.43. The standard InChI is InChI=1S/C2H2N8/c1-3-5-7-9(1)10-2-4-6-8-10/h1-2H. The van der Waals surface area contributed by atoms with Gasteiger partial charge in [-0.05, 0) is 20.9 Å². The number of tetrazole rings is 2. The molecule has 0 N–H and O–H groups in total. The lowest BCUT2D eigenvalue weighted by Gasteiger charge is -1.89.